The minimum absolute atomic E-state index is 0.279. The highest BCUT2D eigenvalue weighted by Gasteiger charge is 2.14. The van der Waals surface area contributed by atoms with Crippen LogP contribution in [0.15, 0.2) is 42.5 Å². The molecule has 1 heterocycles. The first-order valence-corrected chi connectivity index (χ1v) is 8.72. The average molecular weight is 323 g/mol. The molecule has 0 aliphatic rings. The fourth-order valence-electron chi connectivity index (χ4n) is 2.01. The van der Waals surface area contributed by atoms with Gasteiger partial charge in [-0.3, -0.25) is 4.57 Å². The van der Waals surface area contributed by atoms with Crippen LogP contribution in [0.3, 0.4) is 0 Å². The molecule has 7 heteroatoms. The first-order chi connectivity index (χ1) is 9.90. The van der Waals surface area contributed by atoms with Gasteiger partial charge >= 0.3 is 7.60 Å². The van der Waals surface area contributed by atoms with Gasteiger partial charge in [0.25, 0.3) is 0 Å². The number of rotatable bonds is 3. The van der Waals surface area contributed by atoms with Crippen molar-refractivity contribution in [3.63, 3.8) is 0 Å². The van der Waals surface area contributed by atoms with E-state index in [1.165, 1.54) is 23.5 Å². The van der Waals surface area contributed by atoms with Crippen LogP contribution in [-0.2, 0) is 10.7 Å². The van der Waals surface area contributed by atoms with Gasteiger partial charge in [0, 0.05) is 11.6 Å². The summed E-state index contributed by atoms with van der Waals surface area (Å²) in [5, 5.41) is 0.748. The van der Waals surface area contributed by atoms with Crippen molar-refractivity contribution in [2.24, 2.45) is 0 Å². The van der Waals surface area contributed by atoms with E-state index in [0.29, 0.717) is 11.1 Å². The SMILES string of the molecule is O=P(O)(O)Cc1ccc(-c2nc3cc(F)ccc3s2)cc1. The number of halogens is 1. The highest BCUT2D eigenvalue weighted by molar-refractivity contribution is 7.50. The van der Waals surface area contributed by atoms with E-state index >= 15 is 0 Å². The molecule has 1 aromatic heterocycles. The number of hydrogen-bond donors (Lipinski definition) is 2. The Morgan fingerprint density at radius 1 is 1.14 bits per heavy atom. The summed E-state index contributed by atoms with van der Waals surface area (Å²) in [4.78, 5) is 22.3. The van der Waals surface area contributed by atoms with Crippen LogP contribution in [0.4, 0.5) is 4.39 Å². The Labute approximate surface area is 124 Å². The van der Waals surface area contributed by atoms with E-state index in [2.05, 4.69) is 4.98 Å². The van der Waals surface area contributed by atoms with Crippen molar-refractivity contribution in [2.75, 3.05) is 0 Å². The lowest BCUT2D eigenvalue weighted by molar-refractivity contribution is 0.371. The largest absolute Gasteiger partial charge is 0.329 e. The normalized spacial score (nSPS) is 12.0. The van der Waals surface area contributed by atoms with E-state index in [0.717, 1.165) is 15.3 Å². The molecular weight excluding hydrogens is 312 g/mol. The predicted octanol–water partition coefficient (Wildman–Crippen LogP) is 3.78. The van der Waals surface area contributed by atoms with Gasteiger partial charge in [-0.25, -0.2) is 9.37 Å². The molecular formula is C14H11FNO3PS. The third-order valence-corrected chi connectivity index (χ3v) is 4.80. The van der Waals surface area contributed by atoms with Crippen LogP contribution in [0.25, 0.3) is 20.8 Å². The number of thiazole rings is 1. The molecule has 3 rings (SSSR count). The zero-order valence-corrected chi connectivity index (χ0v) is 12.4. The summed E-state index contributed by atoms with van der Waals surface area (Å²) < 4.78 is 25.0. The summed E-state index contributed by atoms with van der Waals surface area (Å²) in [6.45, 7) is 0. The molecule has 0 atom stereocenters. The molecule has 0 saturated heterocycles. The molecule has 0 aliphatic heterocycles. The van der Waals surface area contributed by atoms with E-state index in [1.807, 2.05) is 0 Å². The zero-order valence-electron chi connectivity index (χ0n) is 10.7. The summed E-state index contributed by atoms with van der Waals surface area (Å²) >= 11 is 1.45. The predicted molar refractivity (Wildman–Crippen MR) is 80.8 cm³/mol. The quantitative estimate of drug-likeness (QED) is 0.720. The van der Waals surface area contributed by atoms with Gasteiger partial charge in [0.2, 0.25) is 0 Å². The molecule has 0 fully saturated rings. The molecule has 0 saturated carbocycles. The molecule has 2 aromatic carbocycles. The number of nitrogens with zero attached hydrogens (tertiary/aromatic N) is 1. The molecule has 0 bridgehead atoms. The summed E-state index contributed by atoms with van der Waals surface area (Å²) in [6, 6.07) is 11.3. The molecule has 0 spiro atoms. The number of benzene rings is 2. The maximum Gasteiger partial charge on any atom is 0.329 e. The van der Waals surface area contributed by atoms with Crippen LogP contribution >= 0.6 is 18.9 Å². The van der Waals surface area contributed by atoms with Gasteiger partial charge in [-0.05, 0) is 17.7 Å². The van der Waals surface area contributed by atoms with Crippen LogP contribution in [0.5, 0.6) is 0 Å². The first-order valence-electron chi connectivity index (χ1n) is 6.11. The molecule has 108 valence electrons. The number of aromatic nitrogens is 1. The fraction of sp³-hybridized carbons (Fsp3) is 0.0714. The van der Waals surface area contributed by atoms with Gasteiger partial charge in [-0.15, -0.1) is 11.3 Å². The van der Waals surface area contributed by atoms with E-state index in [9.17, 15) is 8.96 Å². The summed E-state index contributed by atoms with van der Waals surface area (Å²) in [5.41, 5.74) is 2.01. The molecule has 0 aliphatic carbocycles. The maximum absolute atomic E-state index is 13.1. The van der Waals surface area contributed by atoms with Crippen LogP contribution in [0, 0.1) is 5.82 Å². The monoisotopic (exact) mass is 323 g/mol. The van der Waals surface area contributed by atoms with Gasteiger partial charge in [0.1, 0.15) is 10.8 Å². The van der Waals surface area contributed by atoms with Crippen LogP contribution in [0.1, 0.15) is 5.56 Å². The third-order valence-electron chi connectivity index (χ3n) is 2.94. The molecule has 0 unspecified atom stereocenters. The lowest BCUT2D eigenvalue weighted by Crippen LogP contribution is -1.86. The molecule has 0 radical (unpaired) electrons. The third kappa shape index (κ3) is 3.36. The van der Waals surface area contributed by atoms with Gasteiger partial charge in [-0.2, -0.15) is 0 Å². The Kier molecular flexibility index (Phi) is 3.63. The molecule has 0 amide bonds. The van der Waals surface area contributed by atoms with E-state index in [-0.39, 0.29) is 12.0 Å². The van der Waals surface area contributed by atoms with Crippen molar-refractivity contribution in [3.05, 3.63) is 53.8 Å². The van der Waals surface area contributed by atoms with Crippen molar-refractivity contribution in [2.45, 2.75) is 6.16 Å². The smallest absolute Gasteiger partial charge is 0.324 e. The lowest BCUT2D eigenvalue weighted by Gasteiger charge is -2.04. The second-order valence-corrected chi connectivity index (χ2v) is 7.33. The second-order valence-electron chi connectivity index (χ2n) is 4.65. The van der Waals surface area contributed by atoms with Gasteiger partial charge in [0.15, 0.2) is 0 Å². The van der Waals surface area contributed by atoms with Crippen LogP contribution in [-0.4, -0.2) is 14.8 Å². The van der Waals surface area contributed by atoms with Crippen molar-refractivity contribution in [3.8, 4) is 10.6 Å². The summed E-state index contributed by atoms with van der Waals surface area (Å²) in [6.07, 6.45) is -0.279. The van der Waals surface area contributed by atoms with Gasteiger partial charge < -0.3 is 9.79 Å². The molecule has 2 N–H and O–H groups in total. The molecule has 21 heavy (non-hydrogen) atoms. The van der Waals surface area contributed by atoms with Crippen LogP contribution < -0.4 is 0 Å². The van der Waals surface area contributed by atoms with Crippen molar-refractivity contribution in [1.29, 1.82) is 0 Å². The average Bonchev–Trinajstić information content (AvgIpc) is 2.80. The Bertz CT molecular complexity index is 841. The van der Waals surface area contributed by atoms with Crippen molar-refractivity contribution >= 4 is 29.1 Å². The van der Waals surface area contributed by atoms with Gasteiger partial charge in [0.05, 0.1) is 16.4 Å². The topological polar surface area (TPSA) is 70.4 Å². The highest BCUT2D eigenvalue weighted by Crippen LogP contribution is 2.39. The highest BCUT2D eigenvalue weighted by atomic mass is 32.1. The van der Waals surface area contributed by atoms with Crippen molar-refractivity contribution < 1.29 is 18.7 Å². The van der Waals surface area contributed by atoms with E-state index in [4.69, 9.17) is 9.79 Å². The van der Waals surface area contributed by atoms with Gasteiger partial charge in [-0.1, -0.05) is 24.3 Å². The second kappa shape index (κ2) is 5.31. The maximum atomic E-state index is 13.1. The fourth-order valence-corrected chi connectivity index (χ4v) is 3.65. The summed E-state index contributed by atoms with van der Waals surface area (Å²) in [5.74, 6) is -0.323. The molecule has 4 nitrogen and oxygen atoms in total. The number of fused-ring (bicyclic) bond motifs is 1. The lowest BCUT2D eigenvalue weighted by atomic mass is 10.2. The minimum Gasteiger partial charge on any atom is -0.324 e. The Morgan fingerprint density at radius 2 is 1.86 bits per heavy atom. The number of hydrogen-bond acceptors (Lipinski definition) is 3. The Balaban J connectivity index is 1.93. The van der Waals surface area contributed by atoms with Crippen molar-refractivity contribution in [1.82, 2.24) is 4.98 Å². The standard InChI is InChI=1S/C14H11FNO3PS/c15-11-5-6-13-12(7-11)16-14(21-13)10-3-1-9(2-4-10)8-20(17,18)19/h1-7H,8H2,(H2,17,18,19). The summed E-state index contributed by atoms with van der Waals surface area (Å²) in [7, 11) is -4.06. The Hall–Kier alpha value is -1.59. The first kappa shape index (κ1) is 14.4. The Morgan fingerprint density at radius 3 is 2.52 bits per heavy atom. The van der Waals surface area contributed by atoms with Crippen LogP contribution in [0.2, 0.25) is 0 Å². The zero-order chi connectivity index (χ0) is 15.0. The minimum atomic E-state index is -4.06. The van der Waals surface area contributed by atoms with E-state index in [1.54, 1.807) is 30.3 Å². The van der Waals surface area contributed by atoms with E-state index < -0.39 is 7.60 Å². The molecule has 3 aromatic rings.